The molecule has 1 radical (unpaired) electrons. The molecule has 2 rings (SSSR count). The fraction of sp³-hybridized carbons (Fsp3) is 0.556. The minimum atomic E-state index is -1.87. The third kappa shape index (κ3) is 1.56. The van der Waals surface area contributed by atoms with Gasteiger partial charge in [0.1, 0.15) is 0 Å². The maximum atomic E-state index is 11.5. The summed E-state index contributed by atoms with van der Waals surface area (Å²) in [6, 6.07) is 0. The highest BCUT2D eigenvalue weighted by molar-refractivity contribution is 6.64. The first-order valence-electron chi connectivity index (χ1n) is 5.07. The van der Waals surface area contributed by atoms with Crippen molar-refractivity contribution in [3.63, 3.8) is 0 Å². The van der Waals surface area contributed by atoms with Crippen LogP contribution in [-0.2, 0) is 19.2 Å². The molecule has 2 heterocycles. The van der Waals surface area contributed by atoms with Crippen LogP contribution in [0.3, 0.4) is 0 Å². The highest BCUT2D eigenvalue weighted by Gasteiger charge is 2.43. The van der Waals surface area contributed by atoms with Crippen molar-refractivity contribution >= 4 is 32.7 Å². The smallest absolute Gasteiger partial charge is 0.290 e. The quantitative estimate of drug-likeness (QED) is 0.476. The van der Waals surface area contributed by atoms with Crippen LogP contribution < -0.4 is 0 Å². The summed E-state index contributed by atoms with van der Waals surface area (Å²) in [6.07, 6.45) is 0.766. The van der Waals surface area contributed by atoms with Crippen molar-refractivity contribution in [2.45, 2.75) is 32.2 Å². The number of hydrogen-bond donors (Lipinski definition) is 0. The molecule has 0 spiro atoms. The van der Waals surface area contributed by atoms with Crippen LogP contribution in [-0.4, -0.2) is 41.9 Å². The van der Waals surface area contributed by atoms with Gasteiger partial charge in [0.2, 0.25) is 23.6 Å². The Balaban J connectivity index is 2.21. The molecule has 0 saturated carbocycles. The van der Waals surface area contributed by atoms with Crippen molar-refractivity contribution in [2.24, 2.45) is 0 Å². The van der Waals surface area contributed by atoms with Crippen LogP contribution in [0.4, 0.5) is 0 Å². The summed E-state index contributed by atoms with van der Waals surface area (Å²) in [7, 11) is -1.87. The number of carbonyl (C=O) groups is 4. The summed E-state index contributed by atoms with van der Waals surface area (Å²) in [6.45, 7) is 1.63. The first-order chi connectivity index (χ1) is 7.52. The van der Waals surface area contributed by atoms with E-state index in [4.69, 9.17) is 0 Å². The van der Waals surface area contributed by atoms with E-state index in [1.54, 1.807) is 6.55 Å². The van der Waals surface area contributed by atoms with Gasteiger partial charge in [0.25, 0.3) is 0 Å². The van der Waals surface area contributed by atoms with Gasteiger partial charge in [-0.25, -0.2) is 0 Å². The monoisotopic (exact) mass is 239 g/mol. The van der Waals surface area contributed by atoms with Crippen LogP contribution in [0.1, 0.15) is 25.7 Å². The first kappa shape index (κ1) is 11.0. The molecule has 0 N–H and O–H groups in total. The summed E-state index contributed by atoms with van der Waals surface area (Å²) in [5.41, 5.74) is 0. The van der Waals surface area contributed by atoms with Gasteiger partial charge in [-0.3, -0.25) is 28.3 Å². The van der Waals surface area contributed by atoms with E-state index in [-0.39, 0.29) is 49.3 Å². The Bertz CT molecular complexity index is 327. The summed E-state index contributed by atoms with van der Waals surface area (Å²) < 4.78 is 2.23. The Morgan fingerprint density at radius 1 is 0.750 bits per heavy atom. The van der Waals surface area contributed by atoms with Gasteiger partial charge in [-0.05, 0) is 6.55 Å². The Labute approximate surface area is 94.0 Å². The number of carbonyl (C=O) groups excluding carboxylic acids is 4. The molecule has 0 aromatic heterocycles. The van der Waals surface area contributed by atoms with Crippen LogP contribution in [0.5, 0.6) is 0 Å². The second-order valence-electron chi connectivity index (χ2n) is 3.79. The van der Waals surface area contributed by atoms with E-state index in [9.17, 15) is 19.2 Å². The zero-order chi connectivity index (χ0) is 11.9. The third-order valence-corrected chi connectivity index (χ3v) is 5.04. The summed E-state index contributed by atoms with van der Waals surface area (Å²) in [5, 5.41) is 0. The molecule has 0 aliphatic carbocycles. The summed E-state index contributed by atoms with van der Waals surface area (Å²) in [5.74, 6) is -1.08. The standard InChI is InChI=1S/C9H11N2O4Si/c1-16(10-6(12)2-3-7(10)13)11-8(14)4-5-9(11)15/h2-5H2,1H3. The van der Waals surface area contributed by atoms with Gasteiger partial charge in [-0.1, -0.05) is 0 Å². The molecular formula is C9H11N2O4Si. The van der Waals surface area contributed by atoms with Crippen LogP contribution >= 0.6 is 0 Å². The lowest BCUT2D eigenvalue weighted by atomic mass is 10.4. The molecule has 0 bridgehead atoms. The number of amides is 4. The van der Waals surface area contributed by atoms with Crippen LogP contribution in [0.2, 0.25) is 6.55 Å². The van der Waals surface area contributed by atoms with E-state index in [0.29, 0.717) is 0 Å². The van der Waals surface area contributed by atoms with Crippen molar-refractivity contribution in [3.8, 4) is 0 Å². The first-order valence-corrected chi connectivity index (χ1v) is 6.97. The molecule has 2 aliphatic heterocycles. The minimum Gasteiger partial charge on any atom is -0.290 e. The Kier molecular flexibility index (Phi) is 2.62. The molecule has 0 aromatic carbocycles. The van der Waals surface area contributed by atoms with Crippen LogP contribution in [0.25, 0.3) is 0 Å². The average Bonchev–Trinajstić information content (AvgIpc) is 2.71. The molecule has 0 atom stereocenters. The van der Waals surface area contributed by atoms with E-state index in [1.165, 1.54) is 0 Å². The molecule has 2 saturated heterocycles. The minimum absolute atomic E-state index is 0.192. The van der Waals surface area contributed by atoms with Crippen molar-refractivity contribution < 1.29 is 19.2 Å². The Morgan fingerprint density at radius 2 is 1.00 bits per heavy atom. The van der Waals surface area contributed by atoms with E-state index >= 15 is 0 Å². The van der Waals surface area contributed by atoms with Gasteiger partial charge in [-0.2, -0.15) is 0 Å². The third-order valence-electron chi connectivity index (χ3n) is 2.75. The topological polar surface area (TPSA) is 74.8 Å². The molecule has 0 aromatic rings. The van der Waals surface area contributed by atoms with Crippen molar-refractivity contribution in [1.29, 1.82) is 0 Å². The fourth-order valence-corrected chi connectivity index (χ4v) is 4.07. The lowest BCUT2D eigenvalue weighted by Gasteiger charge is -2.26. The maximum Gasteiger partial charge on any atom is 0.314 e. The van der Waals surface area contributed by atoms with Crippen molar-refractivity contribution in [2.75, 3.05) is 0 Å². The molecule has 2 aliphatic rings. The van der Waals surface area contributed by atoms with E-state index in [1.807, 2.05) is 0 Å². The van der Waals surface area contributed by atoms with E-state index < -0.39 is 9.12 Å². The van der Waals surface area contributed by atoms with E-state index in [2.05, 4.69) is 0 Å². The number of nitrogens with zero attached hydrogens (tertiary/aromatic N) is 2. The lowest BCUT2D eigenvalue weighted by Crippen LogP contribution is -2.54. The number of rotatable bonds is 2. The van der Waals surface area contributed by atoms with Gasteiger partial charge in [0, 0.05) is 25.7 Å². The molecule has 0 unspecified atom stereocenters. The predicted molar refractivity (Wildman–Crippen MR) is 53.8 cm³/mol. The number of imide groups is 2. The zero-order valence-corrected chi connectivity index (χ0v) is 9.86. The SMILES string of the molecule is C[Si](N1C(=O)CCC1=O)N1C(=O)CCC1=O. The van der Waals surface area contributed by atoms with Crippen molar-refractivity contribution in [3.05, 3.63) is 0 Å². The van der Waals surface area contributed by atoms with Gasteiger partial charge in [-0.15, -0.1) is 0 Å². The Morgan fingerprint density at radius 3 is 1.25 bits per heavy atom. The number of hydrogen-bond acceptors (Lipinski definition) is 4. The van der Waals surface area contributed by atoms with Crippen LogP contribution in [0.15, 0.2) is 0 Å². The van der Waals surface area contributed by atoms with E-state index in [0.717, 1.165) is 9.13 Å². The second kappa shape index (κ2) is 3.82. The summed E-state index contributed by atoms with van der Waals surface area (Å²) >= 11 is 0. The lowest BCUT2D eigenvalue weighted by molar-refractivity contribution is -0.135. The zero-order valence-electron chi connectivity index (χ0n) is 8.86. The average molecular weight is 239 g/mol. The highest BCUT2D eigenvalue weighted by atomic mass is 28.3. The molecule has 2 fully saturated rings. The fourth-order valence-electron chi connectivity index (χ4n) is 1.97. The normalized spacial score (nSPS) is 21.9. The van der Waals surface area contributed by atoms with Crippen LogP contribution in [0, 0.1) is 0 Å². The molecule has 4 amide bonds. The highest BCUT2D eigenvalue weighted by Crippen LogP contribution is 2.20. The van der Waals surface area contributed by atoms with Gasteiger partial charge in [0.15, 0.2) is 0 Å². The van der Waals surface area contributed by atoms with Crippen molar-refractivity contribution in [1.82, 2.24) is 9.13 Å². The molecular weight excluding hydrogens is 228 g/mol. The van der Waals surface area contributed by atoms with Gasteiger partial charge in [0.05, 0.1) is 0 Å². The molecule has 6 nitrogen and oxygen atoms in total. The maximum absolute atomic E-state index is 11.5. The predicted octanol–water partition coefficient (Wildman–Crippen LogP) is -0.598. The van der Waals surface area contributed by atoms with Gasteiger partial charge >= 0.3 is 9.12 Å². The largest absolute Gasteiger partial charge is 0.314 e. The second-order valence-corrected chi connectivity index (χ2v) is 5.78. The molecule has 7 heteroatoms. The molecule has 85 valence electrons. The summed E-state index contributed by atoms with van der Waals surface area (Å²) in [4.78, 5) is 45.9. The molecule has 16 heavy (non-hydrogen) atoms. The van der Waals surface area contributed by atoms with Gasteiger partial charge < -0.3 is 0 Å². The Hall–Kier alpha value is -1.50.